The van der Waals surface area contributed by atoms with Crippen molar-refractivity contribution >= 4 is 16.8 Å². The number of aryl methyl sites for hydroxylation is 1. The third kappa shape index (κ3) is 2.99. The van der Waals surface area contributed by atoms with Gasteiger partial charge in [-0.25, -0.2) is 0 Å². The number of likely N-dealkylation sites (N-methyl/N-ethyl adjacent to an activating group) is 1. The summed E-state index contributed by atoms with van der Waals surface area (Å²) in [4.78, 5) is 14.6. The van der Waals surface area contributed by atoms with E-state index in [2.05, 4.69) is 16.3 Å². The van der Waals surface area contributed by atoms with Crippen LogP contribution in [0.4, 0.5) is 0 Å². The zero-order valence-electron chi connectivity index (χ0n) is 17.3. The molecule has 1 atom stereocenters. The smallest absolute Gasteiger partial charge is 0.244 e. The zero-order valence-corrected chi connectivity index (χ0v) is 17.3. The molecule has 4 rings (SSSR count). The van der Waals surface area contributed by atoms with Crippen LogP contribution in [-0.4, -0.2) is 38.7 Å². The molecule has 0 saturated carbocycles. The highest BCUT2D eigenvalue weighted by atomic mass is 16.5. The van der Waals surface area contributed by atoms with Gasteiger partial charge in [0.2, 0.25) is 17.7 Å². The minimum absolute atomic E-state index is 0.0509. The maximum atomic E-state index is 12.8. The molecule has 0 spiro atoms. The number of nitriles is 1. The minimum Gasteiger partial charge on any atom is -0.420 e. The number of nitrogens with two attached hydrogens (primary N) is 1. The van der Waals surface area contributed by atoms with Crippen molar-refractivity contribution in [1.29, 1.82) is 5.26 Å². The van der Waals surface area contributed by atoms with Crippen molar-refractivity contribution in [2.75, 3.05) is 13.1 Å². The van der Waals surface area contributed by atoms with Gasteiger partial charge in [0.1, 0.15) is 18.2 Å². The Hall–Kier alpha value is -3.73. The SMILES string of the molecule is CCN(CC)C(=O)Cn1cc([C@H]2C(C#N)=C(N)Oc3n[nH]c(C)c32)c2ccccc21. The van der Waals surface area contributed by atoms with Gasteiger partial charge in [-0.2, -0.15) is 5.26 Å². The topological polar surface area (TPSA) is 113 Å². The molecule has 8 heteroatoms. The van der Waals surface area contributed by atoms with E-state index in [4.69, 9.17) is 10.5 Å². The maximum Gasteiger partial charge on any atom is 0.244 e. The van der Waals surface area contributed by atoms with Gasteiger partial charge in [-0.05, 0) is 32.4 Å². The van der Waals surface area contributed by atoms with Crippen LogP contribution in [0, 0.1) is 18.3 Å². The first-order valence-corrected chi connectivity index (χ1v) is 9.98. The van der Waals surface area contributed by atoms with Gasteiger partial charge in [0.25, 0.3) is 0 Å². The van der Waals surface area contributed by atoms with E-state index in [1.807, 2.05) is 55.8 Å². The van der Waals surface area contributed by atoms with Crippen LogP contribution in [0.15, 0.2) is 41.9 Å². The Morgan fingerprint density at radius 3 is 2.80 bits per heavy atom. The number of aromatic nitrogens is 3. The van der Waals surface area contributed by atoms with Gasteiger partial charge in [-0.1, -0.05) is 18.2 Å². The lowest BCUT2D eigenvalue weighted by molar-refractivity contribution is -0.131. The summed E-state index contributed by atoms with van der Waals surface area (Å²) in [6.07, 6.45) is 1.95. The number of ether oxygens (including phenoxy) is 1. The number of H-pyrrole nitrogens is 1. The summed E-state index contributed by atoms with van der Waals surface area (Å²) < 4.78 is 7.52. The fourth-order valence-electron chi connectivity index (χ4n) is 4.17. The lowest BCUT2D eigenvalue weighted by Crippen LogP contribution is -2.33. The number of carbonyl (C=O) groups excluding carboxylic acids is 1. The molecule has 3 heterocycles. The van der Waals surface area contributed by atoms with Crippen molar-refractivity contribution in [1.82, 2.24) is 19.7 Å². The van der Waals surface area contributed by atoms with Crippen LogP contribution in [0.5, 0.6) is 5.88 Å². The molecule has 1 aliphatic rings. The van der Waals surface area contributed by atoms with E-state index in [0.717, 1.165) is 27.7 Å². The highest BCUT2D eigenvalue weighted by Gasteiger charge is 2.36. The molecule has 1 amide bonds. The fourth-order valence-corrected chi connectivity index (χ4v) is 4.17. The number of carbonyl (C=O) groups is 1. The number of amides is 1. The molecule has 0 fully saturated rings. The monoisotopic (exact) mass is 404 g/mol. The number of fused-ring (bicyclic) bond motifs is 2. The molecule has 0 saturated heterocycles. The van der Waals surface area contributed by atoms with Crippen LogP contribution in [-0.2, 0) is 11.3 Å². The molecule has 3 N–H and O–H groups in total. The van der Waals surface area contributed by atoms with Crippen molar-refractivity contribution in [3.8, 4) is 11.9 Å². The summed E-state index contributed by atoms with van der Waals surface area (Å²) in [7, 11) is 0. The molecule has 3 aromatic rings. The van der Waals surface area contributed by atoms with Gasteiger partial charge in [0, 0.05) is 41.4 Å². The van der Waals surface area contributed by atoms with Crippen molar-refractivity contribution < 1.29 is 9.53 Å². The molecular formula is C22H24N6O2. The second-order valence-corrected chi connectivity index (χ2v) is 7.29. The lowest BCUT2D eigenvalue weighted by Gasteiger charge is -2.23. The maximum absolute atomic E-state index is 12.8. The van der Waals surface area contributed by atoms with Gasteiger partial charge >= 0.3 is 0 Å². The number of hydrogen-bond donors (Lipinski definition) is 2. The van der Waals surface area contributed by atoms with Crippen LogP contribution < -0.4 is 10.5 Å². The Balaban J connectivity index is 1.89. The number of allylic oxidation sites excluding steroid dienone is 1. The number of para-hydroxylation sites is 1. The van der Waals surface area contributed by atoms with Crippen molar-refractivity contribution in [3.05, 3.63) is 58.7 Å². The van der Waals surface area contributed by atoms with Gasteiger partial charge in [-0.15, -0.1) is 5.10 Å². The molecule has 0 bridgehead atoms. The highest BCUT2D eigenvalue weighted by molar-refractivity contribution is 5.88. The van der Waals surface area contributed by atoms with E-state index in [-0.39, 0.29) is 18.3 Å². The van der Waals surface area contributed by atoms with Crippen LogP contribution >= 0.6 is 0 Å². The Bertz CT molecular complexity index is 1190. The van der Waals surface area contributed by atoms with Crippen LogP contribution in [0.3, 0.4) is 0 Å². The molecule has 1 aromatic carbocycles. The molecule has 0 unspecified atom stereocenters. The molecular weight excluding hydrogens is 380 g/mol. The highest BCUT2D eigenvalue weighted by Crippen LogP contribution is 2.45. The molecule has 1 aliphatic heterocycles. The number of rotatable bonds is 5. The van der Waals surface area contributed by atoms with Crippen LogP contribution in [0.1, 0.15) is 36.6 Å². The number of hydrogen-bond acceptors (Lipinski definition) is 5. The second-order valence-electron chi connectivity index (χ2n) is 7.29. The molecule has 0 aliphatic carbocycles. The van der Waals surface area contributed by atoms with Crippen LogP contribution in [0.25, 0.3) is 10.9 Å². The number of aromatic amines is 1. The fraction of sp³-hybridized carbons (Fsp3) is 0.318. The summed E-state index contributed by atoms with van der Waals surface area (Å²) in [5.74, 6) is 0.0600. The average molecular weight is 404 g/mol. The Labute approximate surface area is 174 Å². The summed E-state index contributed by atoms with van der Waals surface area (Å²) in [5, 5.41) is 17.9. The summed E-state index contributed by atoms with van der Waals surface area (Å²) in [6.45, 7) is 7.39. The van der Waals surface area contributed by atoms with Gasteiger partial charge in [-0.3, -0.25) is 9.89 Å². The normalized spacial score (nSPS) is 15.6. The zero-order chi connectivity index (χ0) is 21.4. The number of nitrogens with zero attached hydrogens (tertiary/aromatic N) is 4. The van der Waals surface area contributed by atoms with E-state index in [0.29, 0.717) is 24.5 Å². The molecule has 30 heavy (non-hydrogen) atoms. The van der Waals surface area contributed by atoms with E-state index in [1.165, 1.54) is 0 Å². The first-order chi connectivity index (χ1) is 14.5. The summed E-state index contributed by atoms with van der Waals surface area (Å²) in [5.41, 5.74) is 9.83. The Morgan fingerprint density at radius 1 is 1.37 bits per heavy atom. The van der Waals surface area contributed by atoms with Crippen LogP contribution in [0.2, 0.25) is 0 Å². The van der Waals surface area contributed by atoms with E-state index in [1.54, 1.807) is 4.90 Å². The Morgan fingerprint density at radius 2 is 2.10 bits per heavy atom. The first-order valence-electron chi connectivity index (χ1n) is 9.98. The molecule has 2 aromatic heterocycles. The van der Waals surface area contributed by atoms with Gasteiger partial charge in [0.05, 0.1) is 5.92 Å². The average Bonchev–Trinajstić information content (AvgIpc) is 3.29. The quantitative estimate of drug-likeness (QED) is 0.679. The lowest BCUT2D eigenvalue weighted by atomic mass is 9.84. The third-order valence-electron chi connectivity index (χ3n) is 5.68. The van der Waals surface area contributed by atoms with E-state index < -0.39 is 5.92 Å². The Kier molecular flexibility index (Phi) is 4.96. The largest absolute Gasteiger partial charge is 0.420 e. The first kappa shape index (κ1) is 19.6. The van der Waals surface area contributed by atoms with Gasteiger partial charge in [0.15, 0.2) is 0 Å². The number of nitrogens with one attached hydrogen (secondary N) is 1. The van der Waals surface area contributed by atoms with Crippen molar-refractivity contribution in [3.63, 3.8) is 0 Å². The number of benzene rings is 1. The third-order valence-corrected chi connectivity index (χ3v) is 5.68. The minimum atomic E-state index is -0.424. The molecule has 8 nitrogen and oxygen atoms in total. The molecule has 154 valence electrons. The van der Waals surface area contributed by atoms with Crippen molar-refractivity contribution in [2.24, 2.45) is 5.73 Å². The summed E-state index contributed by atoms with van der Waals surface area (Å²) in [6, 6.07) is 10.1. The second kappa shape index (κ2) is 7.59. The van der Waals surface area contributed by atoms with E-state index in [9.17, 15) is 10.1 Å². The predicted molar refractivity (Wildman–Crippen MR) is 112 cm³/mol. The molecule has 0 radical (unpaired) electrons. The van der Waals surface area contributed by atoms with E-state index >= 15 is 0 Å². The van der Waals surface area contributed by atoms with Crippen molar-refractivity contribution in [2.45, 2.75) is 33.2 Å². The predicted octanol–water partition coefficient (Wildman–Crippen LogP) is 2.76. The van der Waals surface area contributed by atoms with Gasteiger partial charge < -0.3 is 19.9 Å². The summed E-state index contributed by atoms with van der Waals surface area (Å²) >= 11 is 0. The standard InChI is InChI=1S/C22H24N6O2/c1-4-27(5-2)18(29)12-28-11-16(14-8-6-7-9-17(14)28)20-15(10-23)21(24)30-22-19(20)13(3)25-26-22/h6-9,11,20H,4-5,12,24H2,1-3H3,(H,25,26)/t20-/m1/s1.